The SMILES string of the molecule is Cc1cc(F)ccc1-c1c(C)n(C)cc(C(=O)O)c1=O. The van der Waals surface area contributed by atoms with Crippen LogP contribution in [0, 0.1) is 19.7 Å². The number of carboxylic acids is 1. The summed E-state index contributed by atoms with van der Waals surface area (Å²) < 4.78 is 14.8. The number of halogens is 1. The number of hydrogen-bond donors (Lipinski definition) is 1. The van der Waals surface area contributed by atoms with Crippen LogP contribution in [0.15, 0.2) is 29.2 Å². The van der Waals surface area contributed by atoms with Crippen molar-refractivity contribution in [2.75, 3.05) is 0 Å². The molecular weight excluding hydrogens is 261 g/mol. The molecule has 2 aromatic rings. The number of nitrogens with zero attached hydrogens (tertiary/aromatic N) is 1. The minimum Gasteiger partial charge on any atom is -0.477 e. The van der Waals surface area contributed by atoms with Gasteiger partial charge >= 0.3 is 5.97 Å². The topological polar surface area (TPSA) is 59.3 Å². The van der Waals surface area contributed by atoms with Crippen molar-refractivity contribution in [3.05, 3.63) is 57.3 Å². The lowest BCUT2D eigenvalue weighted by Crippen LogP contribution is -2.21. The van der Waals surface area contributed by atoms with Gasteiger partial charge in [0.15, 0.2) is 0 Å². The Labute approximate surface area is 115 Å². The number of benzene rings is 1. The Morgan fingerprint density at radius 1 is 1.30 bits per heavy atom. The highest BCUT2D eigenvalue weighted by Crippen LogP contribution is 2.24. The van der Waals surface area contributed by atoms with Crippen molar-refractivity contribution in [1.29, 1.82) is 0 Å². The maximum Gasteiger partial charge on any atom is 0.341 e. The highest BCUT2D eigenvalue weighted by Gasteiger charge is 2.18. The molecule has 4 nitrogen and oxygen atoms in total. The zero-order valence-electron chi connectivity index (χ0n) is 11.4. The van der Waals surface area contributed by atoms with Gasteiger partial charge in [-0.2, -0.15) is 0 Å². The van der Waals surface area contributed by atoms with Crippen LogP contribution >= 0.6 is 0 Å². The Morgan fingerprint density at radius 2 is 1.95 bits per heavy atom. The van der Waals surface area contributed by atoms with E-state index >= 15 is 0 Å². The van der Waals surface area contributed by atoms with Crippen molar-refractivity contribution < 1.29 is 14.3 Å². The average Bonchev–Trinajstić information content (AvgIpc) is 2.36. The van der Waals surface area contributed by atoms with Crippen LogP contribution in [0.25, 0.3) is 11.1 Å². The summed E-state index contributed by atoms with van der Waals surface area (Å²) in [6.07, 6.45) is 1.29. The quantitative estimate of drug-likeness (QED) is 0.916. The number of pyridine rings is 1. The van der Waals surface area contributed by atoms with Gasteiger partial charge in [-0.3, -0.25) is 4.79 Å². The normalized spacial score (nSPS) is 10.6. The third-order valence-corrected chi connectivity index (χ3v) is 3.37. The molecule has 20 heavy (non-hydrogen) atoms. The zero-order valence-corrected chi connectivity index (χ0v) is 11.4. The lowest BCUT2D eigenvalue weighted by atomic mass is 9.97. The molecule has 0 spiro atoms. The van der Waals surface area contributed by atoms with E-state index in [0.717, 1.165) is 0 Å². The smallest absolute Gasteiger partial charge is 0.341 e. The van der Waals surface area contributed by atoms with Gasteiger partial charge in [0, 0.05) is 24.5 Å². The molecule has 0 saturated carbocycles. The van der Waals surface area contributed by atoms with Gasteiger partial charge in [-0.1, -0.05) is 6.07 Å². The van der Waals surface area contributed by atoms with Gasteiger partial charge in [0.05, 0.1) is 0 Å². The van der Waals surface area contributed by atoms with Gasteiger partial charge in [-0.25, -0.2) is 9.18 Å². The van der Waals surface area contributed by atoms with E-state index < -0.39 is 17.2 Å². The van der Waals surface area contributed by atoms with Crippen molar-refractivity contribution in [2.45, 2.75) is 13.8 Å². The summed E-state index contributed by atoms with van der Waals surface area (Å²) in [5.74, 6) is -1.67. The molecular formula is C15H14FNO3. The second kappa shape index (κ2) is 4.92. The van der Waals surface area contributed by atoms with Crippen LogP contribution < -0.4 is 5.43 Å². The maximum atomic E-state index is 13.2. The summed E-state index contributed by atoms with van der Waals surface area (Å²) >= 11 is 0. The maximum absolute atomic E-state index is 13.2. The second-order valence-electron chi connectivity index (χ2n) is 4.71. The molecule has 2 rings (SSSR count). The minimum atomic E-state index is -1.27. The van der Waals surface area contributed by atoms with Crippen molar-refractivity contribution in [3.8, 4) is 11.1 Å². The molecule has 0 fully saturated rings. The first-order valence-corrected chi connectivity index (χ1v) is 6.03. The summed E-state index contributed by atoms with van der Waals surface area (Å²) in [7, 11) is 1.67. The molecule has 1 aromatic carbocycles. The van der Waals surface area contributed by atoms with E-state index in [1.54, 1.807) is 25.5 Å². The highest BCUT2D eigenvalue weighted by molar-refractivity contribution is 5.89. The molecule has 0 bridgehead atoms. The number of hydrogen-bond acceptors (Lipinski definition) is 2. The molecule has 0 aliphatic heterocycles. The third kappa shape index (κ3) is 2.22. The first-order chi connectivity index (χ1) is 9.32. The fourth-order valence-electron chi connectivity index (χ4n) is 2.20. The number of carboxylic acid groups (broad SMARTS) is 1. The van der Waals surface area contributed by atoms with Crippen LogP contribution in [0.2, 0.25) is 0 Å². The number of rotatable bonds is 2. The van der Waals surface area contributed by atoms with Gasteiger partial charge in [-0.05, 0) is 37.1 Å². The molecule has 0 atom stereocenters. The van der Waals surface area contributed by atoms with E-state index in [0.29, 0.717) is 22.4 Å². The Morgan fingerprint density at radius 3 is 2.50 bits per heavy atom. The zero-order chi connectivity index (χ0) is 15.0. The van der Waals surface area contributed by atoms with Crippen molar-refractivity contribution in [1.82, 2.24) is 4.57 Å². The average molecular weight is 275 g/mol. The predicted molar refractivity (Wildman–Crippen MR) is 73.5 cm³/mol. The monoisotopic (exact) mass is 275 g/mol. The van der Waals surface area contributed by atoms with Crippen molar-refractivity contribution in [2.24, 2.45) is 7.05 Å². The third-order valence-electron chi connectivity index (χ3n) is 3.37. The predicted octanol–water partition coefficient (Wildman–Crippen LogP) is 2.51. The first-order valence-electron chi connectivity index (χ1n) is 6.03. The molecule has 1 heterocycles. The van der Waals surface area contributed by atoms with E-state index in [4.69, 9.17) is 5.11 Å². The standard InChI is InChI=1S/C15H14FNO3/c1-8-6-10(16)4-5-11(8)13-9(2)17(3)7-12(14(13)18)15(19)20/h4-7H,1-3H3,(H,19,20). The first kappa shape index (κ1) is 14.0. The van der Waals surface area contributed by atoms with E-state index in [1.165, 1.54) is 24.4 Å². The van der Waals surface area contributed by atoms with Crippen LogP contribution in [0.5, 0.6) is 0 Å². The van der Waals surface area contributed by atoms with Crippen molar-refractivity contribution in [3.63, 3.8) is 0 Å². The second-order valence-corrected chi connectivity index (χ2v) is 4.71. The van der Waals surface area contributed by atoms with Crippen LogP contribution in [0.4, 0.5) is 4.39 Å². The highest BCUT2D eigenvalue weighted by atomic mass is 19.1. The molecule has 0 radical (unpaired) electrons. The molecule has 0 aliphatic carbocycles. The van der Waals surface area contributed by atoms with E-state index in [1.807, 2.05) is 0 Å². The van der Waals surface area contributed by atoms with Crippen LogP contribution in [-0.4, -0.2) is 15.6 Å². The summed E-state index contributed by atoms with van der Waals surface area (Å²) in [5.41, 5.74) is 1.22. The summed E-state index contributed by atoms with van der Waals surface area (Å²) in [6, 6.07) is 4.08. The van der Waals surface area contributed by atoms with Crippen LogP contribution in [0.3, 0.4) is 0 Å². The van der Waals surface area contributed by atoms with Gasteiger partial charge in [0.2, 0.25) is 5.43 Å². The molecule has 5 heteroatoms. The Bertz CT molecular complexity index is 762. The Kier molecular flexibility index (Phi) is 3.44. The Hall–Kier alpha value is -2.43. The number of aromatic carboxylic acids is 1. The van der Waals surface area contributed by atoms with Gasteiger partial charge in [0.25, 0.3) is 0 Å². The molecule has 104 valence electrons. The van der Waals surface area contributed by atoms with E-state index in [9.17, 15) is 14.0 Å². The van der Waals surface area contributed by atoms with Crippen molar-refractivity contribution >= 4 is 5.97 Å². The van der Waals surface area contributed by atoms with E-state index in [-0.39, 0.29) is 5.56 Å². The lowest BCUT2D eigenvalue weighted by molar-refractivity contribution is 0.0694. The minimum absolute atomic E-state index is 0.295. The summed E-state index contributed by atoms with van der Waals surface area (Å²) in [5, 5.41) is 9.09. The largest absolute Gasteiger partial charge is 0.477 e. The summed E-state index contributed by atoms with van der Waals surface area (Å²) in [6.45, 7) is 3.41. The van der Waals surface area contributed by atoms with Crippen LogP contribution in [0.1, 0.15) is 21.6 Å². The fraction of sp³-hybridized carbons (Fsp3) is 0.200. The Balaban J connectivity index is 2.86. The summed E-state index contributed by atoms with van der Waals surface area (Å²) in [4.78, 5) is 23.5. The molecule has 1 N–H and O–H groups in total. The number of aromatic nitrogens is 1. The van der Waals surface area contributed by atoms with Gasteiger partial charge < -0.3 is 9.67 Å². The molecule has 0 saturated heterocycles. The van der Waals surface area contributed by atoms with E-state index in [2.05, 4.69) is 0 Å². The lowest BCUT2D eigenvalue weighted by Gasteiger charge is -2.13. The number of aryl methyl sites for hydroxylation is 2. The van der Waals surface area contributed by atoms with Crippen LogP contribution in [-0.2, 0) is 7.05 Å². The molecule has 0 unspecified atom stereocenters. The van der Waals surface area contributed by atoms with Gasteiger partial charge in [-0.15, -0.1) is 0 Å². The fourth-order valence-corrected chi connectivity index (χ4v) is 2.20. The molecule has 0 aliphatic rings. The van der Waals surface area contributed by atoms with Gasteiger partial charge in [0.1, 0.15) is 11.4 Å². The molecule has 1 aromatic heterocycles. The number of carbonyl (C=O) groups is 1. The molecule has 0 amide bonds.